The third kappa shape index (κ3) is 1.95. The fourth-order valence-corrected chi connectivity index (χ4v) is 3.36. The maximum Gasteiger partial charge on any atom is 0.196 e. The van der Waals surface area contributed by atoms with E-state index in [1.54, 1.807) is 0 Å². The van der Waals surface area contributed by atoms with Crippen LogP contribution in [0, 0.1) is 0 Å². The predicted octanol–water partition coefficient (Wildman–Crippen LogP) is 2.78. The summed E-state index contributed by atoms with van der Waals surface area (Å²) >= 11 is 9.51. The summed E-state index contributed by atoms with van der Waals surface area (Å²) in [6.07, 6.45) is 1.03. The summed E-state index contributed by atoms with van der Waals surface area (Å²) in [5.41, 5.74) is 6.93. The van der Waals surface area contributed by atoms with E-state index in [-0.39, 0.29) is 11.6 Å². The lowest BCUT2D eigenvalue weighted by molar-refractivity contribution is 0.100. The van der Waals surface area contributed by atoms with E-state index in [1.807, 2.05) is 18.2 Å². The fraction of sp³-hybridized carbons (Fsp3) is 0.462. The van der Waals surface area contributed by atoms with Gasteiger partial charge in [0.25, 0.3) is 0 Å². The number of hydrogen-bond acceptors (Lipinski definition) is 4. The van der Waals surface area contributed by atoms with Crippen LogP contribution in [-0.2, 0) is 4.74 Å². The van der Waals surface area contributed by atoms with E-state index in [0.29, 0.717) is 17.5 Å². The minimum Gasteiger partial charge on any atom is -0.376 e. The van der Waals surface area contributed by atoms with E-state index >= 15 is 0 Å². The summed E-state index contributed by atoms with van der Waals surface area (Å²) in [6, 6.07) is 5.80. The first kappa shape index (κ1) is 13.2. The molecule has 2 atom stereocenters. The molecule has 102 valence electrons. The van der Waals surface area contributed by atoms with Crippen molar-refractivity contribution < 1.29 is 4.74 Å². The minimum absolute atomic E-state index is 0.103. The highest BCUT2D eigenvalue weighted by molar-refractivity contribution is 9.10. The number of rotatable bonds is 1. The molecule has 0 saturated carbocycles. The van der Waals surface area contributed by atoms with Gasteiger partial charge in [-0.3, -0.25) is 4.99 Å². The Hall–Kier alpha value is -0.780. The topological polar surface area (TPSA) is 50.9 Å². The number of anilines is 1. The number of benzene rings is 1. The first-order valence-electron chi connectivity index (χ1n) is 6.21. The average Bonchev–Trinajstić information content (AvgIpc) is 2.90. The van der Waals surface area contributed by atoms with Crippen LogP contribution in [0.2, 0.25) is 5.02 Å². The van der Waals surface area contributed by atoms with Gasteiger partial charge in [-0.25, -0.2) is 0 Å². The Morgan fingerprint density at radius 1 is 1.58 bits per heavy atom. The van der Waals surface area contributed by atoms with Gasteiger partial charge in [0.1, 0.15) is 0 Å². The van der Waals surface area contributed by atoms with E-state index in [4.69, 9.17) is 22.1 Å². The Balaban J connectivity index is 2.05. The van der Waals surface area contributed by atoms with E-state index in [9.17, 15) is 0 Å². The molecule has 2 heterocycles. The maximum atomic E-state index is 6.09. The zero-order valence-electron chi connectivity index (χ0n) is 10.6. The molecule has 1 fully saturated rings. The van der Waals surface area contributed by atoms with Gasteiger partial charge in [-0.2, -0.15) is 0 Å². The van der Waals surface area contributed by atoms with Gasteiger partial charge < -0.3 is 15.4 Å². The summed E-state index contributed by atoms with van der Waals surface area (Å²) in [7, 11) is 0. The van der Waals surface area contributed by atoms with Crippen molar-refractivity contribution in [2.24, 2.45) is 10.7 Å². The normalized spacial score (nSPS) is 30.2. The molecular formula is C13H15BrClN3O. The first-order valence-corrected chi connectivity index (χ1v) is 7.38. The molecule has 19 heavy (non-hydrogen) atoms. The van der Waals surface area contributed by atoms with E-state index in [0.717, 1.165) is 23.2 Å². The monoisotopic (exact) mass is 343 g/mol. The molecule has 2 unspecified atom stereocenters. The summed E-state index contributed by atoms with van der Waals surface area (Å²) in [6.45, 7) is 3.51. The number of nitrogens with zero attached hydrogens (tertiary/aromatic N) is 2. The molecule has 0 amide bonds. The van der Waals surface area contributed by atoms with Gasteiger partial charge in [0, 0.05) is 16.8 Å². The summed E-state index contributed by atoms with van der Waals surface area (Å²) in [5.74, 6) is 0.548. The zero-order chi connectivity index (χ0) is 13.6. The minimum atomic E-state index is -0.155. The molecule has 4 nitrogen and oxygen atoms in total. The number of aliphatic imine (C=N–C) groups is 1. The SMILES string of the molecule is CC1OCCC12CN=C(N)N2c1ccc(Cl)c(Br)c1. The molecule has 1 aromatic rings. The second-order valence-electron chi connectivity index (χ2n) is 4.97. The Morgan fingerprint density at radius 3 is 3.00 bits per heavy atom. The van der Waals surface area contributed by atoms with Crippen molar-refractivity contribution in [1.29, 1.82) is 0 Å². The Labute approximate surface area is 125 Å². The van der Waals surface area contributed by atoms with E-state index < -0.39 is 0 Å². The van der Waals surface area contributed by atoms with Crippen molar-refractivity contribution in [2.75, 3.05) is 18.1 Å². The van der Waals surface area contributed by atoms with Crippen LogP contribution in [0.4, 0.5) is 5.69 Å². The second kappa shape index (κ2) is 4.65. The van der Waals surface area contributed by atoms with Crippen molar-refractivity contribution in [3.63, 3.8) is 0 Å². The van der Waals surface area contributed by atoms with Crippen LogP contribution < -0.4 is 10.6 Å². The smallest absolute Gasteiger partial charge is 0.196 e. The summed E-state index contributed by atoms with van der Waals surface area (Å²) in [4.78, 5) is 6.51. The highest BCUT2D eigenvalue weighted by Crippen LogP contribution is 2.40. The second-order valence-corrected chi connectivity index (χ2v) is 6.24. The number of halogens is 2. The average molecular weight is 345 g/mol. The van der Waals surface area contributed by atoms with Gasteiger partial charge in [-0.1, -0.05) is 11.6 Å². The number of ether oxygens (including phenoxy) is 1. The molecule has 6 heteroatoms. The molecule has 1 saturated heterocycles. The quantitative estimate of drug-likeness (QED) is 0.852. The van der Waals surface area contributed by atoms with Crippen LogP contribution in [0.25, 0.3) is 0 Å². The Morgan fingerprint density at radius 2 is 2.37 bits per heavy atom. The van der Waals surface area contributed by atoms with Crippen molar-refractivity contribution in [3.8, 4) is 0 Å². The lowest BCUT2D eigenvalue weighted by atomic mass is 9.90. The standard InChI is InChI=1S/C13H15BrClN3O/c1-8-13(4-5-19-8)7-17-12(16)18(13)9-2-3-11(15)10(14)6-9/h2-3,6,8H,4-5,7H2,1H3,(H2,16,17). The number of guanidine groups is 1. The predicted molar refractivity (Wildman–Crippen MR) is 80.9 cm³/mol. The van der Waals surface area contributed by atoms with Gasteiger partial charge in [0.2, 0.25) is 0 Å². The van der Waals surface area contributed by atoms with Gasteiger partial charge in [-0.15, -0.1) is 0 Å². The number of hydrogen-bond donors (Lipinski definition) is 1. The van der Waals surface area contributed by atoms with Crippen LogP contribution >= 0.6 is 27.5 Å². The van der Waals surface area contributed by atoms with Gasteiger partial charge in [-0.05, 0) is 47.5 Å². The largest absolute Gasteiger partial charge is 0.376 e. The molecule has 1 spiro atoms. The summed E-state index contributed by atoms with van der Waals surface area (Å²) < 4.78 is 6.59. The Kier molecular flexibility index (Phi) is 3.23. The maximum absolute atomic E-state index is 6.09. The first-order chi connectivity index (χ1) is 9.04. The molecule has 0 bridgehead atoms. The van der Waals surface area contributed by atoms with Crippen LogP contribution in [-0.4, -0.2) is 30.8 Å². The van der Waals surface area contributed by atoms with Gasteiger partial charge >= 0.3 is 0 Å². The van der Waals surface area contributed by atoms with E-state index in [2.05, 4.69) is 32.7 Å². The van der Waals surface area contributed by atoms with Crippen LogP contribution in [0.15, 0.2) is 27.7 Å². The molecule has 0 aromatic heterocycles. The molecule has 2 N–H and O–H groups in total. The molecule has 2 aliphatic rings. The molecule has 3 rings (SSSR count). The molecule has 2 aliphatic heterocycles. The van der Waals surface area contributed by atoms with Crippen LogP contribution in [0.5, 0.6) is 0 Å². The lowest BCUT2D eigenvalue weighted by Crippen LogP contribution is -2.56. The summed E-state index contributed by atoms with van der Waals surface area (Å²) in [5, 5.41) is 0.684. The molecule has 0 aliphatic carbocycles. The third-order valence-corrected chi connectivity index (χ3v) is 5.22. The van der Waals surface area contributed by atoms with Crippen molar-refractivity contribution in [2.45, 2.75) is 25.0 Å². The molecular weight excluding hydrogens is 330 g/mol. The molecule has 0 radical (unpaired) electrons. The van der Waals surface area contributed by atoms with E-state index in [1.165, 1.54) is 0 Å². The highest BCUT2D eigenvalue weighted by atomic mass is 79.9. The molecule has 1 aromatic carbocycles. The lowest BCUT2D eigenvalue weighted by Gasteiger charge is -2.38. The Bertz CT molecular complexity index is 551. The van der Waals surface area contributed by atoms with Crippen LogP contribution in [0.1, 0.15) is 13.3 Å². The number of nitrogens with two attached hydrogens (primary N) is 1. The van der Waals surface area contributed by atoms with Gasteiger partial charge in [0.15, 0.2) is 5.96 Å². The van der Waals surface area contributed by atoms with Crippen molar-refractivity contribution in [3.05, 3.63) is 27.7 Å². The zero-order valence-corrected chi connectivity index (χ0v) is 12.9. The van der Waals surface area contributed by atoms with Crippen molar-refractivity contribution >= 4 is 39.2 Å². The highest BCUT2D eigenvalue weighted by Gasteiger charge is 2.51. The van der Waals surface area contributed by atoms with Crippen molar-refractivity contribution in [1.82, 2.24) is 0 Å². The van der Waals surface area contributed by atoms with Crippen LogP contribution in [0.3, 0.4) is 0 Å². The fourth-order valence-electron chi connectivity index (χ4n) is 2.87. The van der Waals surface area contributed by atoms with Gasteiger partial charge in [0.05, 0.1) is 23.2 Å². The third-order valence-electron chi connectivity index (χ3n) is 4.01.